The van der Waals surface area contributed by atoms with Crippen LogP contribution < -0.4 is 5.32 Å². The Labute approximate surface area is 141 Å². The maximum atomic E-state index is 12.0. The number of benzene rings is 1. The van der Waals surface area contributed by atoms with Crippen LogP contribution in [0, 0.1) is 5.92 Å². The molecule has 1 aromatic heterocycles. The first-order valence-corrected chi connectivity index (χ1v) is 8.75. The van der Waals surface area contributed by atoms with Crippen molar-refractivity contribution in [2.75, 3.05) is 33.3 Å². The average Bonchev–Trinajstić information content (AvgIpc) is 3.05. The molecule has 5 rings (SSSR count). The molecule has 3 saturated heterocycles. The number of nitrogens with zero attached hydrogens (tertiary/aromatic N) is 3. The highest BCUT2D eigenvalue weighted by Gasteiger charge is 2.33. The number of ether oxygens (including phenoxy) is 1. The van der Waals surface area contributed by atoms with Crippen LogP contribution in [0.5, 0.6) is 0 Å². The second-order valence-corrected chi connectivity index (χ2v) is 6.80. The van der Waals surface area contributed by atoms with E-state index < -0.39 is 0 Å². The van der Waals surface area contributed by atoms with Gasteiger partial charge in [-0.05, 0) is 37.9 Å². The van der Waals surface area contributed by atoms with Crippen molar-refractivity contribution in [2.24, 2.45) is 5.92 Å². The topological polar surface area (TPSA) is 59.4 Å². The molecule has 0 amide bonds. The number of aromatic nitrogens is 2. The van der Waals surface area contributed by atoms with Gasteiger partial charge in [-0.25, -0.2) is 4.79 Å². The lowest BCUT2D eigenvalue weighted by atomic mass is 9.84. The number of carbonyl (C=O) groups is 1. The van der Waals surface area contributed by atoms with E-state index in [1.807, 2.05) is 23.0 Å². The summed E-state index contributed by atoms with van der Waals surface area (Å²) in [4.78, 5) is 14.6. The van der Waals surface area contributed by atoms with Crippen LogP contribution in [0.15, 0.2) is 24.4 Å². The third kappa shape index (κ3) is 2.80. The molecule has 0 saturated carbocycles. The smallest absolute Gasteiger partial charge is 0.340 e. The van der Waals surface area contributed by atoms with Gasteiger partial charge in [-0.1, -0.05) is 12.1 Å². The fourth-order valence-electron chi connectivity index (χ4n) is 4.14. The van der Waals surface area contributed by atoms with Gasteiger partial charge in [-0.3, -0.25) is 4.68 Å². The van der Waals surface area contributed by atoms with E-state index in [9.17, 15) is 4.79 Å². The molecule has 1 atom stereocenters. The number of esters is 1. The number of methoxy groups -OCH3 is 1. The predicted octanol–water partition coefficient (Wildman–Crippen LogP) is 1.51. The van der Waals surface area contributed by atoms with Crippen LogP contribution in [0.1, 0.15) is 23.2 Å². The van der Waals surface area contributed by atoms with Gasteiger partial charge in [0.15, 0.2) is 0 Å². The Balaban J connectivity index is 1.46. The summed E-state index contributed by atoms with van der Waals surface area (Å²) in [5.74, 6) is 0.502. The van der Waals surface area contributed by atoms with E-state index in [0.29, 0.717) is 11.6 Å². The molecular weight excluding hydrogens is 304 g/mol. The highest BCUT2D eigenvalue weighted by atomic mass is 16.5. The van der Waals surface area contributed by atoms with Crippen molar-refractivity contribution >= 4 is 16.9 Å². The summed E-state index contributed by atoms with van der Waals surface area (Å²) in [6.45, 7) is 5.30. The van der Waals surface area contributed by atoms with Crippen LogP contribution in [0.25, 0.3) is 10.9 Å². The molecule has 2 aromatic rings. The summed E-state index contributed by atoms with van der Waals surface area (Å²) in [6.07, 6.45) is 4.44. The van der Waals surface area contributed by atoms with E-state index >= 15 is 0 Å². The molecule has 24 heavy (non-hydrogen) atoms. The molecule has 0 aliphatic carbocycles. The first kappa shape index (κ1) is 15.6. The Hall–Kier alpha value is -1.92. The lowest BCUT2D eigenvalue weighted by Crippen LogP contribution is -2.56. The van der Waals surface area contributed by atoms with Crippen LogP contribution in [-0.4, -0.2) is 60.0 Å². The third-order valence-electron chi connectivity index (χ3n) is 5.45. The number of para-hydroxylation sites is 1. The van der Waals surface area contributed by atoms with Crippen molar-refractivity contribution in [1.29, 1.82) is 0 Å². The van der Waals surface area contributed by atoms with Gasteiger partial charge >= 0.3 is 5.97 Å². The Bertz CT molecular complexity index is 734. The minimum atomic E-state index is -0.312. The van der Waals surface area contributed by atoms with Gasteiger partial charge in [0.2, 0.25) is 0 Å². The molecule has 1 N–H and O–H groups in total. The normalized spacial score (nSPS) is 26.0. The van der Waals surface area contributed by atoms with Crippen molar-refractivity contribution in [3.05, 3.63) is 30.0 Å². The van der Waals surface area contributed by atoms with E-state index in [-0.39, 0.29) is 5.97 Å². The fraction of sp³-hybridized carbons (Fsp3) is 0.556. The second-order valence-electron chi connectivity index (χ2n) is 6.80. The molecule has 3 aliphatic heterocycles. The summed E-state index contributed by atoms with van der Waals surface area (Å²) in [5, 5.41) is 9.13. The van der Waals surface area contributed by atoms with E-state index in [1.54, 1.807) is 6.07 Å². The molecule has 0 radical (unpaired) electrons. The molecule has 6 nitrogen and oxygen atoms in total. The van der Waals surface area contributed by atoms with Gasteiger partial charge in [-0.15, -0.1) is 0 Å². The number of nitrogens with one attached hydrogen (secondary N) is 1. The molecule has 3 aliphatic rings. The highest BCUT2D eigenvalue weighted by Crippen LogP contribution is 2.27. The quantitative estimate of drug-likeness (QED) is 0.843. The number of hydrogen-bond acceptors (Lipinski definition) is 5. The zero-order chi connectivity index (χ0) is 16.5. The van der Waals surface area contributed by atoms with Crippen molar-refractivity contribution in [3.63, 3.8) is 0 Å². The monoisotopic (exact) mass is 328 g/mol. The Morgan fingerprint density at radius 3 is 2.92 bits per heavy atom. The number of piperidine rings is 3. The van der Waals surface area contributed by atoms with Gasteiger partial charge in [0.25, 0.3) is 0 Å². The summed E-state index contributed by atoms with van der Waals surface area (Å²) >= 11 is 0. The van der Waals surface area contributed by atoms with Crippen LogP contribution in [0.4, 0.5) is 0 Å². The maximum absolute atomic E-state index is 12.0. The zero-order valence-electron chi connectivity index (χ0n) is 14.1. The molecule has 1 aromatic carbocycles. The molecule has 128 valence electrons. The molecular formula is C18H24N4O2. The maximum Gasteiger partial charge on any atom is 0.340 e. The van der Waals surface area contributed by atoms with Crippen molar-refractivity contribution < 1.29 is 9.53 Å². The standard InChI is InChI=1S/C18H24N4O2/c1-24-18(23)15-4-2-3-14-11-20-22(17(14)15)10-7-19-16-12-21-8-5-13(16)6-9-21/h2-4,11,13,16,19H,5-10,12H2,1H3/t16-/m1/s1. The average molecular weight is 328 g/mol. The lowest BCUT2D eigenvalue weighted by Gasteiger charge is -2.45. The number of hydrogen-bond donors (Lipinski definition) is 1. The summed E-state index contributed by atoms with van der Waals surface area (Å²) < 4.78 is 6.81. The fourth-order valence-corrected chi connectivity index (χ4v) is 4.14. The predicted molar refractivity (Wildman–Crippen MR) is 92.0 cm³/mol. The summed E-state index contributed by atoms with van der Waals surface area (Å²) in [5.41, 5.74) is 1.44. The van der Waals surface area contributed by atoms with Crippen molar-refractivity contribution in [3.8, 4) is 0 Å². The molecule has 0 spiro atoms. The first-order chi connectivity index (χ1) is 11.8. The number of carbonyl (C=O) groups excluding carboxylic acids is 1. The van der Waals surface area contributed by atoms with E-state index in [0.717, 1.165) is 36.5 Å². The van der Waals surface area contributed by atoms with Gasteiger partial charge in [-0.2, -0.15) is 5.10 Å². The largest absolute Gasteiger partial charge is 0.465 e. The second kappa shape index (κ2) is 6.53. The van der Waals surface area contributed by atoms with Crippen molar-refractivity contribution in [1.82, 2.24) is 20.0 Å². The van der Waals surface area contributed by atoms with Crippen molar-refractivity contribution in [2.45, 2.75) is 25.4 Å². The summed E-state index contributed by atoms with van der Waals surface area (Å²) in [6, 6.07) is 6.24. The van der Waals surface area contributed by atoms with Crippen LogP contribution in [0.2, 0.25) is 0 Å². The first-order valence-electron chi connectivity index (χ1n) is 8.75. The SMILES string of the molecule is COC(=O)c1cccc2cnn(CCN[C@@H]3CN4CCC3CC4)c12. The van der Waals surface area contributed by atoms with Gasteiger partial charge in [0.1, 0.15) is 0 Å². The number of rotatable bonds is 5. The Morgan fingerprint density at radius 2 is 2.21 bits per heavy atom. The Kier molecular flexibility index (Phi) is 4.24. The van der Waals surface area contributed by atoms with Crippen LogP contribution in [-0.2, 0) is 11.3 Å². The lowest BCUT2D eigenvalue weighted by molar-refractivity contribution is 0.0602. The molecule has 6 heteroatoms. The van der Waals surface area contributed by atoms with Crippen LogP contribution >= 0.6 is 0 Å². The van der Waals surface area contributed by atoms with E-state index in [1.165, 1.54) is 33.0 Å². The molecule has 4 heterocycles. The van der Waals surface area contributed by atoms with Gasteiger partial charge in [0, 0.05) is 24.5 Å². The minimum Gasteiger partial charge on any atom is -0.465 e. The van der Waals surface area contributed by atoms with Crippen LogP contribution in [0.3, 0.4) is 0 Å². The van der Waals surface area contributed by atoms with E-state index in [2.05, 4.69) is 15.3 Å². The zero-order valence-corrected chi connectivity index (χ0v) is 14.1. The van der Waals surface area contributed by atoms with Gasteiger partial charge in [0.05, 0.1) is 30.9 Å². The number of fused-ring (bicyclic) bond motifs is 4. The third-order valence-corrected chi connectivity index (χ3v) is 5.45. The van der Waals surface area contributed by atoms with E-state index in [4.69, 9.17) is 4.74 Å². The molecule has 3 fully saturated rings. The summed E-state index contributed by atoms with van der Waals surface area (Å²) in [7, 11) is 1.41. The van der Waals surface area contributed by atoms with Gasteiger partial charge < -0.3 is 15.0 Å². The minimum absolute atomic E-state index is 0.312. The molecule has 0 unspecified atom stereocenters. The Morgan fingerprint density at radius 1 is 1.38 bits per heavy atom. The molecule has 2 bridgehead atoms. The highest BCUT2D eigenvalue weighted by molar-refractivity contribution is 6.02.